The first-order valence-corrected chi connectivity index (χ1v) is 6.10. The van der Waals surface area contributed by atoms with Crippen molar-refractivity contribution in [2.24, 2.45) is 0 Å². The Morgan fingerprint density at radius 3 is 2.94 bits per heavy atom. The number of hydrogen-bond acceptors (Lipinski definition) is 2. The molecule has 0 bridgehead atoms. The number of ether oxygens (including phenoxy) is 1. The van der Waals surface area contributed by atoms with Crippen LogP contribution in [0.4, 0.5) is 0 Å². The molecule has 1 heterocycles. The van der Waals surface area contributed by atoms with E-state index >= 15 is 0 Å². The van der Waals surface area contributed by atoms with Crippen LogP contribution in [0.1, 0.15) is 24.3 Å². The number of methoxy groups -OCH3 is 1. The maximum Gasteiger partial charge on any atom is 0.220 e. The summed E-state index contributed by atoms with van der Waals surface area (Å²) in [6.07, 6.45) is 1.49. The first kappa shape index (κ1) is 11.5. The summed E-state index contributed by atoms with van der Waals surface area (Å²) < 4.78 is 6.39. The number of carbonyl (C=O) groups excluding carboxylic acids is 1. The molecular formula is C12H14BrNO2. The van der Waals surface area contributed by atoms with E-state index < -0.39 is 0 Å². The van der Waals surface area contributed by atoms with Gasteiger partial charge in [0, 0.05) is 28.9 Å². The minimum atomic E-state index is 0.144. The van der Waals surface area contributed by atoms with Crippen molar-refractivity contribution in [1.29, 1.82) is 0 Å². The molecule has 2 rings (SSSR count). The highest BCUT2D eigenvalue weighted by molar-refractivity contribution is 9.10. The second-order valence-electron chi connectivity index (χ2n) is 3.93. The number of benzene rings is 1. The van der Waals surface area contributed by atoms with Gasteiger partial charge in [0.2, 0.25) is 5.91 Å². The van der Waals surface area contributed by atoms with Crippen LogP contribution < -0.4 is 10.1 Å². The number of hydrogen-bond donors (Lipinski definition) is 1. The molecule has 3 nitrogen and oxygen atoms in total. The Balaban J connectivity index is 2.24. The summed E-state index contributed by atoms with van der Waals surface area (Å²) in [5.41, 5.74) is 1.16. The van der Waals surface area contributed by atoms with Crippen molar-refractivity contribution in [2.45, 2.75) is 18.8 Å². The van der Waals surface area contributed by atoms with Gasteiger partial charge in [-0.15, -0.1) is 0 Å². The zero-order chi connectivity index (χ0) is 11.5. The van der Waals surface area contributed by atoms with E-state index in [0.717, 1.165) is 22.2 Å². The van der Waals surface area contributed by atoms with Gasteiger partial charge in [-0.2, -0.15) is 0 Å². The van der Waals surface area contributed by atoms with Gasteiger partial charge >= 0.3 is 0 Å². The van der Waals surface area contributed by atoms with E-state index in [1.807, 2.05) is 12.1 Å². The third kappa shape index (κ3) is 2.38. The molecule has 1 aliphatic rings. The smallest absolute Gasteiger partial charge is 0.220 e. The second kappa shape index (κ2) is 4.87. The number of halogens is 1. The normalized spacial score (nSPS) is 20.4. The van der Waals surface area contributed by atoms with E-state index in [9.17, 15) is 4.79 Å². The lowest BCUT2D eigenvalue weighted by atomic mass is 9.91. The predicted molar refractivity (Wildman–Crippen MR) is 65.7 cm³/mol. The average molecular weight is 284 g/mol. The van der Waals surface area contributed by atoms with Crippen LogP contribution in [0.5, 0.6) is 5.75 Å². The van der Waals surface area contributed by atoms with Gasteiger partial charge in [-0.05, 0) is 24.6 Å². The molecule has 0 radical (unpaired) electrons. The summed E-state index contributed by atoms with van der Waals surface area (Å²) in [5.74, 6) is 1.39. The van der Waals surface area contributed by atoms with Gasteiger partial charge in [0.05, 0.1) is 7.11 Å². The van der Waals surface area contributed by atoms with Crippen molar-refractivity contribution in [3.8, 4) is 5.75 Å². The van der Waals surface area contributed by atoms with Crippen LogP contribution in [0.3, 0.4) is 0 Å². The predicted octanol–water partition coefficient (Wildman–Crippen LogP) is 2.45. The molecule has 0 saturated carbocycles. The quantitative estimate of drug-likeness (QED) is 0.906. The fraction of sp³-hybridized carbons (Fsp3) is 0.417. The van der Waals surface area contributed by atoms with Gasteiger partial charge in [-0.25, -0.2) is 0 Å². The molecule has 1 fully saturated rings. The number of piperidine rings is 1. The van der Waals surface area contributed by atoms with E-state index in [0.29, 0.717) is 18.9 Å². The van der Waals surface area contributed by atoms with Crippen molar-refractivity contribution in [2.75, 3.05) is 13.7 Å². The largest absolute Gasteiger partial charge is 0.496 e. The van der Waals surface area contributed by atoms with Crippen molar-refractivity contribution in [1.82, 2.24) is 5.32 Å². The average Bonchev–Trinajstić information content (AvgIpc) is 2.30. The lowest BCUT2D eigenvalue weighted by molar-refractivity contribution is -0.122. The highest BCUT2D eigenvalue weighted by Gasteiger charge is 2.22. The standard InChI is InChI=1S/C12H14BrNO2/c1-16-11-4-3-9(13)6-10(11)8-2-5-12(15)14-7-8/h3-4,6,8H,2,5,7H2,1H3,(H,14,15). The molecule has 1 unspecified atom stereocenters. The third-order valence-electron chi connectivity index (χ3n) is 2.90. The molecule has 1 saturated heterocycles. The number of carbonyl (C=O) groups is 1. The highest BCUT2D eigenvalue weighted by atomic mass is 79.9. The van der Waals surface area contributed by atoms with Crippen LogP contribution in [0, 0.1) is 0 Å². The topological polar surface area (TPSA) is 38.3 Å². The van der Waals surface area contributed by atoms with Crippen LogP contribution >= 0.6 is 15.9 Å². The van der Waals surface area contributed by atoms with E-state index in [1.165, 1.54) is 0 Å². The fourth-order valence-electron chi connectivity index (χ4n) is 2.02. The highest BCUT2D eigenvalue weighted by Crippen LogP contribution is 2.33. The minimum Gasteiger partial charge on any atom is -0.496 e. The molecule has 0 aromatic heterocycles. The zero-order valence-electron chi connectivity index (χ0n) is 9.13. The molecule has 1 N–H and O–H groups in total. The molecule has 86 valence electrons. The first-order valence-electron chi connectivity index (χ1n) is 5.31. The van der Waals surface area contributed by atoms with Gasteiger partial charge in [0.1, 0.15) is 5.75 Å². The molecule has 0 aliphatic carbocycles. The number of rotatable bonds is 2. The summed E-state index contributed by atoms with van der Waals surface area (Å²) in [7, 11) is 1.67. The van der Waals surface area contributed by atoms with Crippen LogP contribution in [-0.4, -0.2) is 19.6 Å². The molecule has 1 atom stereocenters. The third-order valence-corrected chi connectivity index (χ3v) is 3.39. The van der Waals surface area contributed by atoms with Crippen molar-refractivity contribution >= 4 is 21.8 Å². The summed E-state index contributed by atoms with van der Waals surface area (Å²) in [4.78, 5) is 11.1. The molecule has 1 aromatic carbocycles. The Kier molecular flexibility index (Phi) is 3.49. The first-order chi connectivity index (χ1) is 7.70. The monoisotopic (exact) mass is 283 g/mol. The van der Waals surface area contributed by atoms with E-state index in [2.05, 4.69) is 27.3 Å². The van der Waals surface area contributed by atoms with Gasteiger partial charge in [-0.1, -0.05) is 15.9 Å². The van der Waals surface area contributed by atoms with Gasteiger partial charge in [0.15, 0.2) is 0 Å². The summed E-state index contributed by atoms with van der Waals surface area (Å²) >= 11 is 3.46. The van der Waals surface area contributed by atoms with Gasteiger partial charge < -0.3 is 10.1 Å². The Hall–Kier alpha value is -1.03. The molecule has 1 aliphatic heterocycles. The minimum absolute atomic E-state index is 0.144. The summed E-state index contributed by atoms with van der Waals surface area (Å²) in [6.45, 7) is 0.700. The summed E-state index contributed by atoms with van der Waals surface area (Å²) in [5, 5.41) is 2.89. The van der Waals surface area contributed by atoms with Gasteiger partial charge in [0.25, 0.3) is 0 Å². The Morgan fingerprint density at radius 1 is 1.50 bits per heavy atom. The number of nitrogens with one attached hydrogen (secondary N) is 1. The molecule has 0 spiro atoms. The Morgan fingerprint density at radius 2 is 2.31 bits per heavy atom. The van der Waals surface area contributed by atoms with Crippen LogP contribution in [0.15, 0.2) is 22.7 Å². The molecular weight excluding hydrogens is 270 g/mol. The maximum absolute atomic E-state index is 11.1. The lowest BCUT2D eigenvalue weighted by Crippen LogP contribution is -2.33. The van der Waals surface area contributed by atoms with Crippen LogP contribution in [0.25, 0.3) is 0 Å². The van der Waals surface area contributed by atoms with Crippen LogP contribution in [0.2, 0.25) is 0 Å². The summed E-state index contributed by atoms with van der Waals surface area (Å²) in [6, 6.07) is 5.99. The van der Waals surface area contributed by atoms with Crippen molar-refractivity contribution < 1.29 is 9.53 Å². The van der Waals surface area contributed by atoms with E-state index in [-0.39, 0.29) is 5.91 Å². The van der Waals surface area contributed by atoms with E-state index in [1.54, 1.807) is 7.11 Å². The Labute approximate surface area is 103 Å². The second-order valence-corrected chi connectivity index (χ2v) is 4.84. The number of amides is 1. The fourth-order valence-corrected chi connectivity index (χ4v) is 2.40. The molecule has 1 aromatic rings. The molecule has 1 amide bonds. The maximum atomic E-state index is 11.1. The molecule has 4 heteroatoms. The van der Waals surface area contributed by atoms with Crippen LogP contribution in [-0.2, 0) is 4.79 Å². The van der Waals surface area contributed by atoms with Crippen molar-refractivity contribution in [3.05, 3.63) is 28.2 Å². The van der Waals surface area contributed by atoms with Crippen molar-refractivity contribution in [3.63, 3.8) is 0 Å². The lowest BCUT2D eigenvalue weighted by Gasteiger charge is -2.24. The zero-order valence-corrected chi connectivity index (χ0v) is 10.7. The van der Waals surface area contributed by atoms with E-state index in [4.69, 9.17) is 4.74 Å². The SMILES string of the molecule is COc1ccc(Br)cc1C1CCC(=O)NC1. The molecule has 16 heavy (non-hydrogen) atoms. The van der Waals surface area contributed by atoms with Gasteiger partial charge in [-0.3, -0.25) is 4.79 Å². The Bertz CT molecular complexity index is 396.